The predicted octanol–water partition coefficient (Wildman–Crippen LogP) is 3.78. The van der Waals surface area contributed by atoms with Crippen LogP contribution in [0.1, 0.15) is 28.4 Å². The smallest absolute Gasteiger partial charge is 0.338 e. The summed E-state index contributed by atoms with van der Waals surface area (Å²) >= 11 is 0. The summed E-state index contributed by atoms with van der Waals surface area (Å²) in [7, 11) is 0. The standard InChI is InChI=1S/C19H17N3O4/c23-19(16-6-8-17(9-7-16)22(24)25)26-18(15-4-2-1-3-5-15)10-12-21-13-11-20-14-21/h1-9,11,13-14,18H,10,12H2. The highest BCUT2D eigenvalue weighted by Gasteiger charge is 2.19. The van der Waals surface area contributed by atoms with Gasteiger partial charge in [0.1, 0.15) is 6.10 Å². The van der Waals surface area contributed by atoms with Crippen LogP contribution in [0.5, 0.6) is 0 Å². The van der Waals surface area contributed by atoms with Gasteiger partial charge in [0.15, 0.2) is 0 Å². The number of carbonyl (C=O) groups excluding carboxylic acids is 1. The molecule has 0 N–H and O–H groups in total. The number of esters is 1. The van der Waals surface area contributed by atoms with E-state index in [1.54, 1.807) is 12.5 Å². The first kappa shape index (κ1) is 17.3. The summed E-state index contributed by atoms with van der Waals surface area (Å²) in [5.74, 6) is -0.514. The fourth-order valence-corrected chi connectivity index (χ4v) is 2.56. The molecular weight excluding hydrogens is 334 g/mol. The minimum Gasteiger partial charge on any atom is -0.454 e. The van der Waals surface area contributed by atoms with Crippen LogP contribution >= 0.6 is 0 Å². The summed E-state index contributed by atoms with van der Waals surface area (Å²) in [6, 6.07) is 14.9. The number of hydrogen-bond acceptors (Lipinski definition) is 5. The van der Waals surface area contributed by atoms with Crippen molar-refractivity contribution in [3.8, 4) is 0 Å². The lowest BCUT2D eigenvalue weighted by atomic mass is 10.1. The van der Waals surface area contributed by atoms with Crippen LogP contribution in [0.25, 0.3) is 0 Å². The Balaban J connectivity index is 1.73. The zero-order valence-electron chi connectivity index (χ0n) is 13.9. The van der Waals surface area contributed by atoms with Gasteiger partial charge in [-0.15, -0.1) is 0 Å². The zero-order chi connectivity index (χ0) is 18.4. The number of aromatic nitrogens is 2. The Morgan fingerprint density at radius 2 is 1.88 bits per heavy atom. The molecule has 1 unspecified atom stereocenters. The molecule has 132 valence electrons. The summed E-state index contributed by atoms with van der Waals surface area (Å²) in [5, 5.41) is 10.7. The molecule has 1 aromatic heterocycles. The first-order chi connectivity index (χ1) is 12.6. The molecule has 3 rings (SSSR count). The van der Waals surface area contributed by atoms with E-state index >= 15 is 0 Å². The number of ether oxygens (including phenoxy) is 1. The van der Waals surface area contributed by atoms with Gasteiger partial charge in [-0.25, -0.2) is 9.78 Å². The van der Waals surface area contributed by atoms with E-state index in [1.165, 1.54) is 24.3 Å². The van der Waals surface area contributed by atoms with Gasteiger partial charge in [0.2, 0.25) is 0 Å². The summed E-state index contributed by atoms with van der Waals surface area (Å²) in [4.78, 5) is 26.7. The van der Waals surface area contributed by atoms with E-state index in [4.69, 9.17) is 4.74 Å². The Morgan fingerprint density at radius 3 is 2.50 bits per heavy atom. The minimum absolute atomic E-state index is 0.0683. The van der Waals surface area contributed by atoms with E-state index in [0.29, 0.717) is 13.0 Å². The average molecular weight is 351 g/mol. The van der Waals surface area contributed by atoms with Crippen molar-refractivity contribution in [3.63, 3.8) is 0 Å². The number of hydrogen-bond donors (Lipinski definition) is 0. The van der Waals surface area contributed by atoms with E-state index in [1.807, 2.05) is 41.1 Å². The number of carbonyl (C=O) groups is 1. The van der Waals surface area contributed by atoms with Crippen molar-refractivity contribution < 1.29 is 14.5 Å². The molecule has 0 aliphatic rings. The van der Waals surface area contributed by atoms with E-state index in [9.17, 15) is 14.9 Å². The highest BCUT2D eigenvalue weighted by atomic mass is 16.6. The molecule has 0 amide bonds. The fraction of sp³-hybridized carbons (Fsp3) is 0.158. The predicted molar refractivity (Wildman–Crippen MR) is 94.5 cm³/mol. The minimum atomic E-state index is -0.514. The molecule has 0 fully saturated rings. The van der Waals surface area contributed by atoms with Crippen molar-refractivity contribution in [3.05, 3.63) is 94.6 Å². The lowest BCUT2D eigenvalue weighted by Crippen LogP contribution is -2.14. The molecule has 0 aliphatic heterocycles. The van der Waals surface area contributed by atoms with Crippen LogP contribution in [-0.4, -0.2) is 20.4 Å². The zero-order valence-corrected chi connectivity index (χ0v) is 13.9. The number of nitrogens with zero attached hydrogens (tertiary/aromatic N) is 3. The van der Waals surface area contributed by atoms with Crippen LogP contribution < -0.4 is 0 Å². The second kappa shape index (κ2) is 8.06. The lowest BCUT2D eigenvalue weighted by Gasteiger charge is -2.18. The highest BCUT2D eigenvalue weighted by molar-refractivity contribution is 5.89. The van der Waals surface area contributed by atoms with Gasteiger partial charge in [0.05, 0.1) is 16.8 Å². The molecule has 0 aliphatic carbocycles. The maximum Gasteiger partial charge on any atom is 0.338 e. The van der Waals surface area contributed by atoms with Gasteiger partial charge in [0.25, 0.3) is 5.69 Å². The van der Waals surface area contributed by atoms with Crippen LogP contribution in [0.4, 0.5) is 5.69 Å². The number of benzene rings is 2. The Morgan fingerprint density at radius 1 is 1.15 bits per heavy atom. The summed E-state index contributed by atoms with van der Waals surface area (Å²) < 4.78 is 7.59. The lowest BCUT2D eigenvalue weighted by molar-refractivity contribution is -0.384. The van der Waals surface area contributed by atoms with Gasteiger partial charge in [-0.05, 0) is 17.7 Å². The summed E-state index contributed by atoms with van der Waals surface area (Å²) in [6.07, 6.45) is 5.40. The monoisotopic (exact) mass is 351 g/mol. The highest BCUT2D eigenvalue weighted by Crippen LogP contribution is 2.24. The van der Waals surface area contributed by atoms with Crippen molar-refractivity contribution in [1.82, 2.24) is 9.55 Å². The number of nitro groups is 1. The first-order valence-electron chi connectivity index (χ1n) is 8.09. The Kier molecular flexibility index (Phi) is 5.38. The van der Waals surface area contributed by atoms with Crippen LogP contribution in [0.3, 0.4) is 0 Å². The molecule has 7 nitrogen and oxygen atoms in total. The van der Waals surface area contributed by atoms with Crippen molar-refractivity contribution in [1.29, 1.82) is 0 Å². The van der Waals surface area contributed by atoms with Crippen LogP contribution in [0.2, 0.25) is 0 Å². The number of aryl methyl sites for hydroxylation is 1. The van der Waals surface area contributed by atoms with Gasteiger partial charge in [-0.3, -0.25) is 10.1 Å². The van der Waals surface area contributed by atoms with Gasteiger partial charge in [0, 0.05) is 37.5 Å². The topological polar surface area (TPSA) is 87.3 Å². The molecule has 0 saturated carbocycles. The van der Waals surface area contributed by atoms with Crippen LogP contribution in [0, 0.1) is 10.1 Å². The van der Waals surface area contributed by atoms with Crippen molar-refractivity contribution in [2.24, 2.45) is 0 Å². The SMILES string of the molecule is O=C(OC(CCn1ccnc1)c1ccccc1)c1ccc([N+](=O)[O-])cc1. The van der Waals surface area contributed by atoms with Crippen molar-refractivity contribution in [2.75, 3.05) is 0 Å². The molecule has 0 spiro atoms. The average Bonchev–Trinajstić information content (AvgIpc) is 3.19. The molecule has 7 heteroatoms. The Labute approximate surface area is 150 Å². The number of rotatable bonds is 7. The Bertz CT molecular complexity index is 862. The normalized spacial score (nSPS) is 11.7. The molecule has 1 atom stereocenters. The third-order valence-corrected chi connectivity index (χ3v) is 3.94. The van der Waals surface area contributed by atoms with E-state index < -0.39 is 17.0 Å². The van der Waals surface area contributed by atoms with Crippen LogP contribution in [0.15, 0.2) is 73.3 Å². The number of non-ortho nitro benzene ring substituents is 1. The molecule has 0 radical (unpaired) electrons. The maximum absolute atomic E-state index is 12.5. The van der Waals surface area contributed by atoms with Crippen LogP contribution in [-0.2, 0) is 11.3 Å². The molecular formula is C19H17N3O4. The second-order valence-electron chi connectivity index (χ2n) is 5.70. The van der Waals surface area contributed by atoms with Gasteiger partial charge >= 0.3 is 5.97 Å². The number of nitro benzene ring substituents is 1. The quantitative estimate of drug-likeness (QED) is 0.367. The third kappa shape index (κ3) is 4.32. The van der Waals surface area contributed by atoms with Gasteiger partial charge < -0.3 is 9.30 Å². The largest absolute Gasteiger partial charge is 0.454 e. The van der Waals surface area contributed by atoms with E-state index in [0.717, 1.165) is 5.56 Å². The van der Waals surface area contributed by atoms with Crippen molar-refractivity contribution >= 4 is 11.7 Å². The van der Waals surface area contributed by atoms with E-state index in [2.05, 4.69) is 4.98 Å². The molecule has 0 bridgehead atoms. The Hall–Kier alpha value is -3.48. The molecule has 2 aromatic carbocycles. The van der Waals surface area contributed by atoms with Gasteiger partial charge in [-0.2, -0.15) is 0 Å². The van der Waals surface area contributed by atoms with Crippen molar-refractivity contribution in [2.45, 2.75) is 19.1 Å². The third-order valence-electron chi connectivity index (χ3n) is 3.94. The molecule has 3 aromatic rings. The number of imidazole rings is 1. The second-order valence-corrected chi connectivity index (χ2v) is 5.70. The molecule has 26 heavy (non-hydrogen) atoms. The molecule has 0 saturated heterocycles. The summed E-state index contributed by atoms with van der Waals surface area (Å²) in [6.45, 7) is 0.646. The first-order valence-corrected chi connectivity index (χ1v) is 8.09. The maximum atomic E-state index is 12.5. The van der Waals surface area contributed by atoms with Gasteiger partial charge in [-0.1, -0.05) is 30.3 Å². The summed E-state index contributed by atoms with van der Waals surface area (Å²) in [5.41, 5.74) is 1.10. The fourth-order valence-electron chi connectivity index (χ4n) is 2.56. The van der Waals surface area contributed by atoms with E-state index in [-0.39, 0.29) is 11.3 Å². The molecule has 1 heterocycles.